The van der Waals surface area contributed by atoms with Crippen molar-refractivity contribution in [2.75, 3.05) is 26.2 Å². The van der Waals surface area contributed by atoms with Crippen LogP contribution in [0.4, 0.5) is 0 Å². The molecule has 1 unspecified atom stereocenters. The quantitative estimate of drug-likeness (QED) is 0.800. The van der Waals surface area contributed by atoms with E-state index in [9.17, 15) is 4.79 Å². The normalized spacial score (nSPS) is 23.4. The number of benzene rings is 1. The summed E-state index contributed by atoms with van der Waals surface area (Å²) >= 11 is 5.84. The number of hydrogen-bond donors (Lipinski definition) is 0. The Bertz CT molecular complexity index is 485. The number of amides is 1. The summed E-state index contributed by atoms with van der Waals surface area (Å²) in [4.78, 5) is 17.1. The third-order valence-corrected chi connectivity index (χ3v) is 4.74. The summed E-state index contributed by atoms with van der Waals surface area (Å²) < 4.78 is 0. The van der Waals surface area contributed by atoms with Crippen molar-refractivity contribution in [3.63, 3.8) is 0 Å². The molecule has 0 aromatic heterocycles. The highest BCUT2D eigenvalue weighted by atomic mass is 35.5. The summed E-state index contributed by atoms with van der Waals surface area (Å²) in [5, 5.41) is 0. The Morgan fingerprint density at radius 2 is 2.05 bits per heavy atom. The number of rotatable bonds is 3. The van der Waals surface area contributed by atoms with Gasteiger partial charge < -0.3 is 4.90 Å². The largest absolute Gasteiger partial charge is 0.337 e. The Hall–Kier alpha value is -1.06. The molecule has 2 heterocycles. The van der Waals surface area contributed by atoms with E-state index in [2.05, 4.69) is 4.90 Å². The molecule has 2 aliphatic heterocycles. The molecule has 2 saturated heterocycles. The minimum atomic E-state index is 0.152. The van der Waals surface area contributed by atoms with Gasteiger partial charge in [-0.1, -0.05) is 12.1 Å². The van der Waals surface area contributed by atoms with Gasteiger partial charge in [0.1, 0.15) is 0 Å². The average Bonchev–Trinajstić information content (AvgIpc) is 3.17. The highest BCUT2D eigenvalue weighted by Gasteiger charge is 2.31. The highest BCUT2D eigenvalue weighted by molar-refractivity contribution is 6.17. The Labute approximate surface area is 125 Å². The molecule has 0 spiro atoms. The van der Waals surface area contributed by atoms with Crippen LogP contribution in [-0.2, 0) is 5.88 Å². The van der Waals surface area contributed by atoms with Crippen molar-refractivity contribution in [2.45, 2.75) is 31.2 Å². The number of halogens is 1. The molecule has 0 saturated carbocycles. The maximum atomic E-state index is 12.5. The summed E-state index contributed by atoms with van der Waals surface area (Å²) in [6.07, 6.45) is 3.73. The van der Waals surface area contributed by atoms with E-state index >= 15 is 0 Å². The Morgan fingerprint density at radius 1 is 1.25 bits per heavy atom. The molecule has 2 fully saturated rings. The third-order valence-electron chi connectivity index (χ3n) is 4.44. The van der Waals surface area contributed by atoms with E-state index in [0.29, 0.717) is 11.9 Å². The van der Waals surface area contributed by atoms with E-state index < -0.39 is 0 Å². The van der Waals surface area contributed by atoms with Crippen LogP contribution in [0.15, 0.2) is 24.3 Å². The number of hydrogen-bond acceptors (Lipinski definition) is 2. The van der Waals surface area contributed by atoms with Crippen LogP contribution in [0.25, 0.3) is 0 Å². The van der Waals surface area contributed by atoms with Crippen molar-refractivity contribution >= 4 is 17.5 Å². The summed E-state index contributed by atoms with van der Waals surface area (Å²) in [7, 11) is 0. The fourth-order valence-electron chi connectivity index (χ4n) is 3.30. The first-order valence-corrected chi connectivity index (χ1v) is 7.99. The van der Waals surface area contributed by atoms with Crippen molar-refractivity contribution < 1.29 is 4.79 Å². The second-order valence-electron chi connectivity index (χ2n) is 5.77. The zero-order valence-corrected chi connectivity index (χ0v) is 12.5. The maximum Gasteiger partial charge on any atom is 0.253 e. The van der Waals surface area contributed by atoms with Gasteiger partial charge in [-0.3, -0.25) is 9.69 Å². The van der Waals surface area contributed by atoms with E-state index in [-0.39, 0.29) is 5.91 Å². The van der Waals surface area contributed by atoms with E-state index in [4.69, 9.17) is 11.6 Å². The number of carbonyl (C=O) groups excluding carboxylic acids is 1. The van der Waals surface area contributed by atoms with Crippen LogP contribution < -0.4 is 0 Å². The average molecular weight is 293 g/mol. The minimum absolute atomic E-state index is 0.152. The standard InChI is InChI=1S/C16H21ClN2O/c17-11-13-4-3-5-14(10-13)16(20)19-9-6-15(12-19)18-7-1-2-8-18/h3-5,10,15H,1-2,6-9,11-12H2. The molecule has 3 rings (SSSR count). The lowest BCUT2D eigenvalue weighted by Crippen LogP contribution is -2.37. The van der Waals surface area contributed by atoms with Crippen LogP contribution in [0.2, 0.25) is 0 Å². The molecule has 0 radical (unpaired) electrons. The molecule has 1 amide bonds. The van der Waals surface area contributed by atoms with Crippen LogP contribution in [-0.4, -0.2) is 47.9 Å². The first-order chi connectivity index (χ1) is 9.78. The van der Waals surface area contributed by atoms with Crippen LogP contribution in [0.1, 0.15) is 35.2 Å². The number of carbonyl (C=O) groups is 1. The summed E-state index contributed by atoms with van der Waals surface area (Å²) in [5.41, 5.74) is 1.78. The van der Waals surface area contributed by atoms with Gasteiger partial charge >= 0.3 is 0 Å². The molecule has 4 heteroatoms. The van der Waals surface area contributed by atoms with Gasteiger partial charge in [0.05, 0.1) is 0 Å². The Morgan fingerprint density at radius 3 is 2.80 bits per heavy atom. The molecule has 0 bridgehead atoms. The molecule has 0 aliphatic carbocycles. The van der Waals surface area contributed by atoms with Gasteiger partial charge in [-0.15, -0.1) is 11.6 Å². The molecule has 3 nitrogen and oxygen atoms in total. The van der Waals surface area contributed by atoms with Gasteiger partial charge in [0.25, 0.3) is 5.91 Å². The lowest BCUT2D eigenvalue weighted by molar-refractivity contribution is 0.0780. The molecule has 0 N–H and O–H groups in total. The molecular formula is C16H21ClN2O. The van der Waals surface area contributed by atoms with Crippen molar-refractivity contribution in [3.8, 4) is 0 Å². The minimum Gasteiger partial charge on any atom is -0.337 e. The SMILES string of the molecule is O=C(c1cccc(CCl)c1)N1CCC(N2CCCC2)C1. The molecule has 108 valence electrons. The van der Waals surface area contributed by atoms with Gasteiger partial charge in [0.2, 0.25) is 0 Å². The van der Waals surface area contributed by atoms with Gasteiger partial charge in [-0.25, -0.2) is 0 Å². The predicted octanol–water partition coefficient (Wildman–Crippen LogP) is 2.74. The number of alkyl halides is 1. The fraction of sp³-hybridized carbons (Fsp3) is 0.562. The highest BCUT2D eigenvalue weighted by Crippen LogP contribution is 2.22. The van der Waals surface area contributed by atoms with Crippen molar-refractivity contribution in [2.24, 2.45) is 0 Å². The summed E-state index contributed by atoms with van der Waals surface area (Å²) in [5.74, 6) is 0.607. The first-order valence-electron chi connectivity index (χ1n) is 7.46. The van der Waals surface area contributed by atoms with Crippen molar-refractivity contribution in [3.05, 3.63) is 35.4 Å². The Kier molecular flexibility index (Phi) is 4.27. The molecule has 20 heavy (non-hydrogen) atoms. The second-order valence-corrected chi connectivity index (χ2v) is 6.04. The lowest BCUT2D eigenvalue weighted by atomic mass is 10.1. The zero-order valence-electron chi connectivity index (χ0n) is 11.7. The molecular weight excluding hydrogens is 272 g/mol. The smallest absolute Gasteiger partial charge is 0.253 e. The summed E-state index contributed by atoms with van der Waals surface area (Å²) in [6, 6.07) is 8.25. The Balaban J connectivity index is 1.65. The van der Waals surface area contributed by atoms with E-state index in [1.165, 1.54) is 25.9 Å². The molecule has 1 aromatic rings. The van der Waals surface area contributed by atoms with Gasteiger partial charge in [0.15, 0.2) is 0 Å². The monoisotopic (exact) mass is 292 g/mol. The van der Waals surface area contributed by atoms with Crippen molar-refractivity contribution in [1.29, 1.82) is 0 Å². The van der Waals surface area contributed by atoms with Crippen molar-refractivity contribution in [1.82, 2.24) is 9.80 Å². The summed E-state index contributed by atoms with van der Waals surface area (Å²) in [6.45, 7) is 4.16. The second kappa shape index (κ2) is 6.15. The van der Waals surface area contributed by atoms with Gasteiger partial charge in [0, 0.05) is 30.6 Å². The van der Waals surface area contributed by atoms with E-state index in [1.807, 2.05) is 29.2 Å². The maximum absolute atomic E-state index is 12.5. The van der Waals surface area contributed by atoms with E-state index in [1.54, 1.807) is 0 Å². The van der Waals surface area contributed by atoms with Crippen LogP contribution in [0.3, 0.4) is 0 Å². The zero-order chi connectivity index (χ0) is 13.9. The van der Waals surface area contributed by atoms with Crippen LogP contribution in [0.5, 0.6) is 0 Å². The number of likely N-dealkylation sites (tertiary alicyclic amines) is 2. The van der Waals surface area contributed by atoms with Gasteiger partial charge in [-0.2, -0.15) is 0 Å². The topological polar surface area (TPSA) is 23.6 Å². The van der Waals surface area contributed by atoms with Crippen LogP contribution in [0, 0.1) is 0 Å². The lowest BCUT2D eigenvalue weighted by Gasteiger charge is -2.23. The molecule has 2 aliphatic rings. The predicted molar refractivity (Wildman–Crippen MR) is 81.1 cm³/mol. The molecule has 1 aromatic carbocycles. The van der Waals surface area contributed by atoms with Gasteiger partial charge in [-0.05, 0) is 50.0 Å². The molecule has 1 atom stereocenters. The third kappa shape index (κ3) is 2.84. The van der Waals surface area contributed by atoms with Crippen LogP contribution >= 0.6 is 11.6 Å². The number of nitrogens with zero attached hydrogens (tertiary/aromatic N) is 2. The first kappa shape index (κ1) is 13.9. The van der Waals surface area contributed by atoms with E-state index in [0.717, 1.165) is 30.6 Å². The fourth-order valence-corrected chi connectivity index (χ4v) is 3.47.